The molecule has 1 aromatic carbocycles. The molecule has 3 aliphatic heterocycles. The van der Waals surface area contributed by atoms with Crippen LogP contribution < -0.4 is 10.2 Å². The molecule has 3 amide bonds. The molecule has 4 rings (SSSR count). The fourth-order valence-electron chi connectivity index (χ4n) is 5.60. The maximum atomic E-state index is 13.6. The maximum Gasteiger partial charge on any atom is 0.327 e. The molecule has 3 fully saturated rings. The van der Waals surface area contributed by atoms with Crippen molar-refractivity contribution in [2.75, 3.05) is 31.6 Å². The van der Waals surface area contributed by atoms with E-state index in [1.807, 2.05) is 7.05 Å². The Morgan fingerprint density at radius 2 is 1.67 bits per heavy atom. The first-order valence-electron chi connectivity index (χ1n) is 12.9. The Labute approximate surface area is 199 Å². The molecule has 0 aliphatic carbocycles. The Kier molecular flexibility index (Phi) is 7.59. The minimum absolute atomic E-state index is 0.0398. The van der Waals surface area contributed by atoms with Gasteiger partial charge in [-0.15, -0.1) is 0 Å². The van der Waals surface area contributed by atoms with Crippen molar-refractivity contribution in [3.05, 3.63) is 29.8 Å². The number of carbonyl (C=O) groups is 2. The highest BCUT2D eigenvalue weighted by Crippen LogP contribution is 2.34. The predicted molar refractivity (Wildman–Crippen MR) is 132 cm³/mol. The van der Waals surface area contributed by atoms with Crippen molar-refractivity contribution in [1.29, 1.82) is 0 Å². The van der Waals surface area contributed by atoms with Gasteiger partial charge in [-0.05, 0) is 36.5 Å². The van der Waals surface area contributed by atoms with Crippen molar-refractivity contribution in [2.45, 2.75) is 84.2 Å². The Morgan fingerprint density at radius 3 is 2.36 bits per heavy atom. The van der Waals surface area contributed by atoms with Crippen molar-refractivity contribution < 1.29 is 9.59 Å². The van der Waals surface area contributed by atoms with Crippen molar-refractivity contribution >= 4 is 17.6 Å². The SMILES string of the molecule is CCCCCCCCN1C(=O)C2C(NC3N(c4ccc(CC)cc4)CC(C)CN23)N(C)C1=O. The largest absolute Gasteiger partial charge is 0.343 e. The predicted octanol–water partition coefficient (Wildman–Crippen LogP) is 3.84. The molecule has 33 heavy (non-hydrogen) atoms. The van der Waals surface area contributed by atoms with Gasteiger partial charge in [-0.25, -0.2) is 4.79 Å². The van der Waals surface area contributed by atoms with Gasteiger partial charge in [0.15, 0.2) is 0 Å². The van der Waals surface area contributed by atoms with Gasteiger partial charge in [-0.3, -0.25) is 19.9 Å². The summed E-state index contributed by atoms with van der Waals surface area (Å²) in [5, 5.41) is 3.62. The molecular formula is C26H41N5O2. The third-order valence-electron chi connectivity index (χ3n) is 7.50. The van der Waals surface area contributed by atoms with E-state index in [1.54, 1.807) is 4.90 Å². The molecule has 4 unspecified atom stereocenters. The number of likely N-dealkylation sites (N-methyl/N-ethyl adjacent to an activating group) is 1. The Morgan fingerprint density at radius 1 is 0.970 bits per heavy atom. The zero-order valence-electron chi connectivity index (χ0n) is 20.8. The van der Waals surface area contributed by atoms with Crippen LogP contribution in [0.2, 0.25) is 0 Å². The number of nitrogens with zero attached hydrogens (tertiary/aromatic N) is 4. The van der Waals surface area contributed by atoms with Gasteiger partial charge in [0.05, 0.1) is 0 Å². The number of amides is 3. The lowest BCUT2D eigenvalue weighted by atomic mass is 10.0. The monoisotopic (exact) mass is 455 g/mol. The summed E-state index contributed by atoms with van der Waals surface area (Å²) in [5.74, 6) is 0.387. The van der Waals surface area contributed by atoms with E-state index in [1.165, 1.54) is 36.1 Å². The molecule has 4 atom stereocenters. The Bertz CT molecular complexity index is 828. The summed E-state index contributed by atoms with van der Waals surface area (Å²) < 4.78 is 0. The lowest BCUT2D eigenvalue weighted by molar-refractivity contribution is -0.138. The molecule has 0 aromatic heterocycles. The molecule has 3 aliphatic rings. The molecule has 0 bridgehead atoms. The van der Waals surface area contributed by atoms with Crippen molar-refractivity contribution in [1.82, 2.24) is 20.0 Å². The van der Waals surface area contributed by atoms with E-state index < -0.39 is 0 Å². The average molecular weight is 456 g/mol. The molecule has 1 N–H and O–H groups in total. The number of hydrogen-bond donors (Lipinski definition) is 1. The second-order valence-corrected chi connectivity index (χ2v) is 10.1. The number of unbranched alkanes of at least 4 members (excludes halogenated alkanes) is 5. The lowest BCUT2D eigenvalue weighted by Gasteiger charge is -2.46. The van der Waals surface area contributed by atoms with Crippen molar-refractivity contribution in [3.63, 3.8) is 0 Å². The smallest absolute Gasteiger partial charge is 0.327 e. The summed E-state index contributed by atoms with van der Waals surface area (Å²) in [6.07, 6.45) is 7.47. The van der Waals surface area contributed by atoms with Crippen LogP contribution in [0.5, 0.6) is 0 Å². The first-order chi connectivity index (χ1) is 16.0. The maximum absolute atomic E-state index is 13.6. The first kappa shape index (κ1) is 24.0. The molecule has 1 aromatic rings. The van der Waals surface area contributed by atoms with Crippen LogP contribution in [-0.2, 0) is 11.2 Å². The van der Waals surface area contributed by atoms with Gasteiger partial charge < -0.3 is 9.80 Å². The fourth-order valence-corrected chi connectivity index (χ4v) is 5.60. The summed E-state index contributed by atoms with van der Waals surface area (Å²) in [6, 6.07) is 8.22. The fraction of sp³-hybridized carbons (Fsp3) is 0.692. The van der Waals surface area contributed by atoms with Gasteiger partial charge in [0, 0.05) is 32.4 Å². The molecule has 7 heteroatoms. The summed E-state index contributed by atoms with van der Waals surface area (Å²) >= 11 is 0. The van der Waals surface area contributed by atoms with Gasteiger partial charge in [0.1, 0.15) is 18.5 Å². The molecule has 3 heterocycles. The van der Waals surface area contributed by atoms with Crippen molar-refractivity contribution in [3.8, 4) is 0 Å². The van der Waals surface area contributed by atoms with Crippen LogP contribution in [-0.4, -0.2) is 71.8 Å². The highest BCUT2D eigenvalue weighted by molar-refractivity contribution is 6.00. The summed E-state index contributed by atoms with van der Waals surface area (Å²) in [7, 11) is 1.83. The van der Waals surface area contributed by atoms with E-state index in [2.05, 4.69) is 60.2 Å². The minimum atomic E-state index is -0.335. The summed E-state index contributed by atoms with van der Waals surface area (Å²) in [6.45, 7) is 8.91. The number of carbonyl (C=O) groups excluding carboxylic acids is 2. The van der Waals surface area contributed by atoms with E-state index >= 15 is 0 Å². The van der Waals surface area contributed by atoms with E-state index in [0.717, 1.165) is 38.0 Å². The lowest BCUT2D eigenvalue weighted by Crippen LogP contribution is -2.66. The summed E-state index contributed by atoms with van der Waals surface area (Å²) in [4.78, 5) is 34.6. The van der Waals surface area contributed by atoms with E-state index in [-0.39, 0.29) is 30.4 Å². The standard InChI is InChI=1S/C26H41N5O2/c1-5-7-8-9-10-11-16-29-24(32)22-23(28(4)26(29)33)27-25-30(17-19(3)18-31(22)25)21-14-12-20(6-2)13-15-21/h12-15,19,22-23,25,27H,5-11,16-18H2,1-4H3. The molecule has 7 nitrogen and oxygen atoms in total. The van der Waals surface area contributed by atoms with Crippen LogP contribution in [0, 0.1) is 5.92 Å². The number of benzene rings is 1. The third kappa shape index (κ3) is 4.76. The number of aryl methyl sites for hydroxylation is 1. The second kappa shape index (κ2) is 10.4. The number of hydrogen-bond acceptors (Lipinski definition) is 5. The number of anilines is 1. The molecular weight excluding hydrogens is 414 g/mol. The Balaban J connectivity index is 1.49. The van der Waals surface area contributed by atoms with Crippen LogP contribution in [0.3, 0.4) is 0 Å². The average Bonchev–Trinajstić information content (AvgIpc) is 3.21. The molecule has 0 spiro atoms. The third-order valence-corrected chi connectivity index (χ3v) is 7.50. The van der Waals surface area contributed by atoms with E-state index in [9.17, 15) is 9.59 Å². The number of nitrogens with one attached hydrogen (secondary N) is 1. The molecule has 0 radical (unpaired) electrons. The normalized spacial score (nSPS) is 27.8. The van der Waals surface area contributed by atoms with Gasteiger partial charge in [-0.2, -0.15) is 0 Å². The number of fused-ring (bicyclic) bond motifs is 3. The van der Waals surface area contributed by atoms with Crippen LogP contribution in [0.25, 0.3) is 0 Å². The summed E-state index contributed by atoms with van der Waals surface area (Å²) in [5.41, 5.74) is 2.48. The zero-order valence-corrected chi connectivity index (χ0v) is 20.8. The Hall–Kier alpha value is -2.12. The topological polar surface area (TPSA) is 59.1 Å². The van der Waals surface area contributed by atoms with Crippen LogP contribution in [0.1, 0.15) is 64.9 Å². The highest BCUT2D eigenvalue weighted by atomic mass is 16.2. The van der Waals surface area contributed by atoms with Gasteiger partial charge in [0.25, 0.3) is 5.91 Å². The number of imide groups is 1. The second-order valence-electron chi connectivity index (χ2n) is 10.1. The molecule has 182 valence electrons. The molecule has 0 saturated carbocycles. The van der Waals surface area contributed by atoms with Crippen LogP contribution in [0.4, 0.5) is 10.5 Å². The van der Waals surface area contributed by atoms with Gasteiger partial charge in [0.2, 0.25) is 0 Å². The number of rotatable bonds is 9. The quantitative estimate of drug-likeness (QED) is 0.574. The van der Waals surface area contributed by atoms with Crippen LogP contribution in [0.15, 0.2) is 24.3 Å². The van der Waals surface area contributed by atoms with Gasteiger partial charge in [-0.1, -0.05) is 65.0 Å². The van der Waals surface area contributed by atoms with E-state index in [4.69, 9.17) is 0 Å². The van der Waals surface area contributed by atoms with E-state index in [0.29, 0.717) is 12.5 Å². The minimum Gasteiger partial charge on any atom is -0.343 e. The van der Waals surface area contributed by atoms with Crippen molar-refractivity contribution in [2.24, 2.45) is 5.92 Å². The first-order valence-corrected chi connectivity index (χ1v) is 12.9. The number of urea groups is 1. The van der Waals surface area contributed by atoms with Gasteiger partial charge >= 0.3 is 6.03 Å². The molecule has 3 saturated heterocycles. The van der Waals surface area contributed by atoms with Crippen LogP contribution >= 0.6 is 0 Å². The highest BCUT2D eigenvalue weighted by Gasteiger charge is 2.56. The zero-order chi connectivity index (χ0) is 23.5.